The van der Waals surface area contributed by atoms with Crippen molar-refractivity contribution in [2.24, 2.45) is 0 Å². The van der Waals surface area contributed by atoms with Crippen LogP contribution in [0.3, 0.4) is 0 Å². The van der Waals surface area contributed by atoms with E-state index in [1.54, 1.807) is 6.07 Å². The number of aliphatic hydroxyl groups excluding tert-OH is 1. The van der Waals surface area contributed by atoms with Crippen molar-refractivity contribution in [3.8, 4) is 0 Å². The third kappa shape index (κ3) is 3.77. The van der Waals surface area contributed by atoms with Crippen molar-refractivity contribution < 1.29 is 13.5 Å². The van der Waals surface area contributed by atoms with Gasteiger partial charge in [-0.05, 0) is 6.07 Å². The van der Waals surface area contributed by atoms with E-state index in [1.807, 2.05) is 0 Å². The molecule has 0 saturated carbocycles. The standard InChI is InChI=1S/C7H11N3O3S/c11-3-4-14(12,13)10-5-7-1-2-8-6-9-7/h1-2,6,10-11H,3-5H2. The van der Waals surface area contributed by atoms with E-state index in [4.69, 9.17) is 5.11 Å². The summed E-state index contributed by atoms with van der Waals surface area (Å²) in [5.41, 5.74) is 0.585. The van der Waals surface area contributed by atoms with E-state index < -0.39 is 10.0 Å². The van der Waals surface area contributed by atoms with Gasteiger partial charge in [-0.15, -0.1) is 0 Å². The molecule has 0 radical (unpaired) electrons. The van der Waals surface area contributed by atoms with Gasteiger partial charge in [0, 0.05) is 6.20 Å². The highest BCUT2D eigenvalue weighted by Crippen LogP contribution is 1.92. The molecular weight excluding hydrogens is 206 g/mol. The van der Waals surface area contributed by atoms with Crippen LogP contribution in [0.15, 0.2) is 18.6 Å². The Balaban J connectivity index is 2.49. The number of rotatable bonds is 5. The molecule has 7 heteroatoms. The van der Waals surface area contributed by atoms with Crippen LogP contribution >= 0.6 is 0 Å². The molecule has 1 aromatic heterocycles. The van der Waals surface area contributed by atoms with Crippen molar-refractivity contribution in [3.05, 3.63) is 24.3 Å². The van der Waals surface area contributed by atoms with Crippen LogP contribution in [0.25, 0.3) is 0 Å². The Bertz CT molecular complexity index is 365. The van der Waals surface area contributed by atoms with Gasteiger partial charge in [0.15, 0.2) is 0 Å². The van der Waals surface area contributed by atoms with Crippen molar-refractivity contribution in [1.82, 2.24) is 14.7 Å². The summed E-state index contributed by atoms with van der Waals surface area (Å²) in [6.45, 7) is -0.274. The SMILES string of the molecule is O=S(=O)(CCO)NCc1ccncn1. The molecule has 1 rings (SSSR count). The summed E-state index contributed by atoms with van der Waals surface area (Å²) >= 11 is 0. The molecule has 0 aliphatic heterocycles. The van der Waals surface area contributed by atoms with Crippen molar-refractivity contribution in [2.75, 3.05) is 12.4 Å². The zero-order valence-corrected chi connectivity index (χ0v) is 8.24. The molecule has 78 valence electrons. The van der Waals surface area contributed by atoms with Gasteiger partial charge in [-0.1, -0.05) is 0 Å². The maximum absolute atomic E-state index is 11.1. The van der Waals surface area contributed by atoms with Gasteiger partial charge in [0.2, 0.25) is 10.0 Å². The Labute approximate surface area is 82.1 Å². The first-order chi connectivity index (χ1) is 6.64. The van der Waals surface area contributed by atoms with E-state index in [-0.39, 0.29) is 18.9 Å². The minimum atomic E-state index is -3.39. The van der Waals surface area contributed by atoms with Gasteiger partial charge in [-0.25, -0.2) is 23.1 Å². The van der Waals surface area contributed by atoms with Gasteiger partial charge in [-0.3, -0.25) is 0 Å². The molecule has 0 saturated heterocycles. The summed E-state index contributed by atoms with van der Waals surface area (Å²) in [5, 5.41) is 8.45. The van der Waals surface area contributed by atoms with E-state index in [0.29, 0.717) is 5.69 Å². The Kier molecular flexibility index (Phi) is 3.93. The fourth-order valence-corrected chi connectivity index (χ4v) is 1.55. The molecule has 1 heterocycles. The molecule has 2 N–H and O–H groups in total. The highest BCUT2D eigenvalue weighted by atomic mass is 32.2. The molecule has 0 amide bonds. The summed E-state index contributed by atoms with van der Waals surface area (Å²) in [5.74, 6) is -0.294. The second kappa shape index (κ2) is 4.99. The van der Waals surface area contributed by atoms with Gasteiger partial charge in [0.05, 0.1) is 24.6 Å². The van der Waals surface area contributed by atoms with Gasteiger partial charge in [0.1, 0.15) is 6.33 Å². The van der Waals surface area contributed by atoms with E-state index in [2.05, 4.69) is 14.7 Å². The molecule has 0 bridgehead atoms. The minimum Gasteiger partial charge on any atom is -0.395 e. The normalized spacial score (nSPS) is 11.5. The topological polar surface area (TPSA) is 92.2 Å². The molecule has 0 spiro atoms. The van der Waals surface area contributed by atoms with Gasteiger partial charge in [-0.2, -0.15) is 0 Å². The van der Waals surface area contributed by atoms with E-state index in [0.717, 1.165) is 0 Å². The number of hydrogen-bond acceptors (Lipinski definition) is 5. The number of nitrogens with zero attached hydrogens (tertiary/aromatic N) is 2. The highest BCUT2D eigenvalue weighted by molar-refractivity contribution is 7.89. The zero-order chi connectivity index (χ0) is 10.4. The first-order valence-electron chi connectivity index (χ1n) is 3.97. The number of hydrogen-bond donors (Lipinski definition) is 2. The minimum absolute atomic E-state index is 0.116. The Morgan fingerprint density at radius 2 is 2.29 bits per heavy atom. The first-order valence-corrected chi connectivity index (χ1v) is 5.62. The largest absolute Gasteiger partial charge is 0.395 e. The summed E-state index contributed by atoms with van der Waals surface area (Å²) in [7, 11) is -3.39. The molecule has 6 nitrogen and oxygen atoms in total. The zero-order valence-electron chi connectivity index (χ0n) is 7.42. The number of aromatic nitrogens is 2. The summed E-state index contributed by atoms with van der Waals surface area (Å²) in [6, 6.07) is 1.61. The van der Waals surface area contributed by atoms with Crippen LogP contribution in [0.5, 0.6) is 0 Å². The third-order valence-electron chi connectivity index (χ3n) is 1.48. The molecular formula is C7H11N3O3S. The average molecular weight is 217 g/mol. The van der Waals surface area contributed by atoms with Crippen LogP contribution in [-0.2, 0) is 16.6 Å². The van der Waals surface area contributed by atoms with E-state index in [1.165, 1.54) is 12.5 Å². The Morgan fingerprint density at radius 3 is 2.86 bits per heavy atom. The van der Waals surface area contributed by atoms with Crippen molar-refractivity contribution in [1.29, 1.82) is 0 Å². The predicted octanol–water partition coefficient (Wildman–Crippen LogP) is -1.11. The van der Waals surface area contributed by atoms with Crippen LogP contribution in [0.2, 0.25) is 0 Å². The van der Waals surface area contributed by atoms with Crippen molar-refractivity contribution in [2.45, 2.75) is 6.54 Å². The quantitative estimate of drug-likeness (QED) is 0.652. The van der Waals surface area contributed by atoms with Gasteiger partial charge < -0.3 is 5.11 Å². The lowest BCUT2D eigenvalue weighted by Crippen LogP contribution is -2.27. The third-order valence-corrected chi connectivity index (χ3v) is 2.78. The lowest BCUT2D eigenvalue weighted by atomic mass is 10.4. The van der Waals surface area contributed by atoms with Gasteiger partial charge in [0.25, 0.3) is 0 Å². The molecule has 0 fully saturated rings. The maximum atomic E-state index is 11.1. The molecule has 0 aliphatic carbocycles. The van der Waals surface area contributed by atoms with Crippen LogP contribution in [0, 0.1) is 0 Å². The molecule has 0 aliphatic rings. The monoisotopic (exact) mass is 217 g/mol. The first kappa shape index (κ1) is 11.0. The van der Waals surface area contributed by atoms with Crippen molar-refractivity contribution >= 4 is 10.0 Å². The fraction of sp³-hybridized carbons (Fsp3) is 0.429. The number of aliphatic hydroxyl groups is 1. The molecule has 0 unspecified atom stereocenters. The average Bonchev–Trinajstić information content (AvgIpc) is 2.17. The molecule has 14 heavy (non-hydrogen) atoms. The molecule has 1 aromatic rings. The summed E-state index contributed by atoms with van der Waals surface area (Å²) in [4.78, 5) is 7.54. The van der Waals surface area contributed by atoms with Crippen LogP contribution < -0.4 is 4.72 Å². The van der Waals surface area contributed by atoms with Crippen LogP contribution in [0.4, 0.5) is 0 Å². The Hall–Kier alpha value is -1.05. The summed E-state index contributed by atoms with van der Waals surface area (Å²) < 4.78 is 24.5. The van der Waals surface area contributed by atoms with E-state index >= 15 is 0 Å². The number of sulfonamides is 1. The summed E-state index contributed by atoms with van der Waals surface area (Å²) in [6.07, 6.45) is 2.87. The number of nitrogens with one attached hydrogen (secondary N) is 1. The van der Waals surface area contributed by atoms with Crippen molar-refractivity contribution in [3.63, 3.8) is 0 Å². The second-order valence-corrected chi connectivity index (χ2v) is 4.49. The lowest BCUT2D eigenvalue weighted by molar-refractivity contribution is 0.319. The molecule has 0 atom stereocenters. The maximum Gasteiger partial charge on any atom is 0.214 e. The fourth-order valence-electron chi connectivity index (χ4n) is 0.799. The van der Waals surface area contributed by atoms with E-state index in [9.17, 15) is 8.42 Å². The molecule has 0 aromatic carbocycles. The van der Waals surface area contributed by atoms with Crippen LogP contribution in [0.1, 0.15) is 5.69 Å². The predicted molar refractivity (Wildman–Crippen MR) is 49.7 cm³/mol. The Morgan fingerprint density at radius 1 is 1.50 bits per heavy atom. The van der Waals surface area contributed by atoms with Gasteiger partial charge >= 0.3 is 0 Å². The lowest BCUT2D eigenvalue weighted by Gasteiger charge is -2.03. The smallest absolute Gasteiger partial charge is 0.214 e. The van der Waals surface area contributed by atoms with Crippen LogP contribution in [-0.4, -0.2) is 35.9 Å². The highest BCUT2D eigenvalue weighted by Gasteiger charge is 2.08. The second-order valence-electron chi connectivity index (χ2n) is 2.56.